The molecule has 3 N–H and O–H groups in total. The number of nitrogens with one attached hydrogen (secondary N) is 1. The molecule has 0 atom stereocenters. The fourth-order valence-electron chi connectivity index (χ4n) is 2.70. The van der Waals surface area contributed by atoms with Gasteiger partial charge < -0.3 is 15.8 Å². The first-order valence-electron chi connectivity index (χ1n) is 9.44. The van der Waals surface area contributed by atoms with Crippen LogP contribution in [0.25, 0.3) is 0 Å². The lowest BCUT2D eigenvalue weighted by Crippen LogP contribution is -2.25. The fraction of sp³-hybridized carbons (Fsp3) is 0.227. The third kappa shape index (κ3) is 5.02. The van der Waals surface area contributed by atoms with E-state index in [9.17, 15) is 14.0 Å². The lowest BCUT2D eigenvalue weighted by Gasteiger charge is -2.18. The molecule has 1 aromatic carbocycles. The smallest absolute Gasteiger partial charge is 0.256 e. The van der Waals surface area contributed by atoms with E-state index >= 15 is 0 Å². The van der Waals surface area contributed by atoms with Gasteiger partial charge in [0.05, 0.1) is 5.69 Å². The normalized spacial score (nSPS) is 10.1. The predicted molar refractivity (Wildman–Crippen MR) is 115 cm³/mol. The number of aromatic nitrogens is 2. The van der Waals surface area contributed by atoms with E-state index in [2.05, 4.69) is 10.3 Å². The van der Waals surface area contributed by atoms with Crippen molar-refractivity contribution < 1.29 is 13.9 Å². The first-order valence-corrected chi connectivity index (χ1v) is 9.44. The van der Waals surface area contributed by atoms with Crippen molar-refractivity contribution in [2.75, 3.05) is 5.32 Å². The van der Waals surface area contributed by atoms with Crippen LogP contribution in [0.2, 0.25) is 0 Å². The molecule has 3 aromatic rings. The van der Waals surface area contributed by atoms with Crippen molar-refractivity contribution in [1.29, 1.82) is 0 Å². The predicted octanol–water partition coefficient (Wildman–Crippen LogP) is 4.20. The molecule has 2 aromatic heterocycles. The zero-order chi connectivity index (χ0) is 22.4. The van der Waals surface area contributed by atoms with Gasteiger partial charge in [-0.1, -0.05) is 19.9 Å². The molecule has 0 spiro atoms. The second kappa shape index (κ2) is 9.69. The lowest BCUT2D eigenvalue weighted by molar-refractivity contribution is 0.0998. The zero-order valence-electron chi connectivity index (χ0n) is 17.6. The lowest BCUT2D eigenvalue weighted by atomic mass is 10.1. The van der Waals surface area contributed by atoms with Crippen molar-refractivity contribution in [3.8, 4) is 11.5 Å². The van der Waals surface area contributed by atoms with Gasteiger partial charge in [-0.3, -0.25) is 19.1 Å². The highest BCUT2D eigenvalue weighted by Crippen LogP contribution is 2.31. The van der Waals surface area contributed by atoms with Crippen LogP contribution in [0, 0.1) is 19.7 Å². The summed E-state index contributed by atoms with van der Waals surface area (Å²) in [7, 11) is 1.45. The molecule has 0 aliphatic rings. The molecule has 3 rings (SSSR count). The Morgan fingerprint density at radius 3 is 2.47 bits per heavy atom. The highest BCUT2D eigenvalue weighted by molar-refractivity contribution is 6.01. The second-order valence-electron chi connectivity index (χ2n) is 6.34. The standard InChI is InChI=1S/C20H19FN4O3.C2H6/c1-11-4-5-15(14(21)8-11)24-20-18(19(22)27)16(10-17(26)25(20)3)28-13-6-7-23-12(2)9-13;1-2/h4-10,24H,1-3H3,(H2,22,27);1-2H3. The number of carbonyl (C=O) groups excluding carboxylic acids is 1. The number of rotatable bonds is 5. The first-order chi connectivity index (χ1) is 14.3. The van der Waals surface area contributed by atoms with Crippen molar-refractivity contribution in [2.24, 2.45) is 12.8 Å². The number of aryl methyl sites for hydroxylation is 2. The Labute approximate surface area is 174 Å². The van der Waals surface area contributed by atoms with Crippen LogP contribution in [0.3, 0.4) is 0 Å². The topological polar surface area (TPSA) is 99.2 Å². The molecule has 0 aliphatic carbocycles. The van der Waals surface area contributed by atoms with Crippen LogP contribution in [0.15, 0.2) is 47.4 Å². The van der Waals surface area contributed by atoms with Crippen molar-refractivity contribution >= 4 is 17.4 Å². The summed E-state index contributed by atoms with van der Waals surface area (Å²) in [6.45, 7) is 7.53. The van der Waals surface area contributed by atoms with Gasteiger partial charge in [0.15, 0.2) is 0 Å². The van der Waals surface area contributed by atoms with Gasteiger partial charge in [-0.15, -0.1) is 0 Å². The number of nitrogens with zero attached hydrogens (tertiary/aromatic N) is 2. The van der Waals surface area contributed by atoms with Gasteiger partial charge in [-0.05, 0) is 37.6 Å². The van der Waals surface area contributed by atoms with E-state index in [4.69, 9.17) is 10.5 Å². The Hall–Kier alpha value is -3.68. The molecule has 158 valence electrons. The van der Waals surface area contributed by atoms with Crippen molar-refractivity contribution in [2.45, 2.75) is 27.7 Å². The summed E-state index contributed by atoms with van der Waals surface area (Å²) < 4.78 is 21.2. The summed E-state index contributed by atoms with van der Waals surface area (Å²) in [5.74, 6) is -0.971. The maximum atomic E-state index is 14.3. The number of primary amides is 1. The Morgan fingerprint density at radius 2 is 1.87 bits per heavy atom. The Kier molecular flexibility index (Phi) is 7.30. The Morgan fingerprint density at radius 1 is 1.17 bits per heavy atom. The average Bonchev–Trinajstić information content (AvgIpc) is 2.69. The molecule has 0 saturated carbocycles. The number of benzene rings is 1. The summed E-state index contributed by atoms with van der Waals surface area (Å²) in [4.78, 5) is 28.6. The van der Waals surface area contributed by atoms with Crippen LogP contribution in [0.1, 0.15) is 35.5 Å². The molecule has 1 amide bonds. The minimum Gasteiger partial charge on any atom is -0.456 e. The molecule has 8 heteroatoms. The van der Waals surface area contributed by atoms with E-state index in [1.807, 2.05) is 13.8 Å². The number of amides is 1. The highest BCUT2D eigenvalue weighted by Gasteiger charge is 2.21. The molecule has 7 nitrogen and oxygen atoms in total. The van der Waals surface area contributed by atoms with Gasteiger partial charge in [-0.25, -0.2) is 4.39 Å². The van der Waals surface area contributed by atoms with E-state index < -0.39 is 17.3 Å². The van der Waals surface area contributed by atoms with E-state index in [-0.39, 0.29) is 22.8 Å². The van der Waals surface area contributed by atoms with E-state index in [0.29, 0.717) is 11.4 Å². The van der Waals surface area contributed by atoms with Crippen molar-refractivity contribution in [3.05, 3.63) is 75.6 Å². The molecule has 0 fully saturated rings. The van der Waals surface area contributed by atoms with E-state index in [0.717, 1.165) is 11.6 Å². The molecule has 2 heterocycles. The number of anilines is 2. The monoisotopic (exact) mass is 412 g/mol. The summed E-state index contributed by atoms with van der Waals surface area (Å²) in [6.07, 6.45) is 1.54. The summed E-state index contributed by atoms with van der Waals surface area (Å²) in [5, 5.41) is 2.79. The number of carbonyl (C=O) groups is 1. The Balaban J connectivity index is 0.00000155. The van der Waals surface area contributed by atoms with Gasteiger partial charge >= 0.3 is 0 Å². The molecule has 0 radical (unpaired) electrons. The second-order valence-corrected chi connectivity index (χ2v) is 6.34. The first kappa shape index (κ1) is 22.6. The largest absolute Gasteiger partial charge is 0.456 e. The molecule has 0 aliphatic heterocycles. The van der Waals surface area contributed by atoms with Crippen LogP contribution in [0.5, 0.6) is 11.5 Å². The van der Waals surface area contributed by atoms with Gasteiger partial charge in [0, 0.05) is 31.1 Å². The van der Waals surface area contributed by atoms with Crippen LogP contribution < -0.4 is 21.3 Å². The third-order valence-corrected chi connectivity index (χ3v) is 4.12. The van der Waals surface area contributed by atoms with Crippen LogP contribution in [-0.2, 0) is 7.05 Å². The molecule has 0 saturated heterocycles. The number of pyridine rings is 2. The Bertz CT molecular complexity index is 1130. The number of ether oxygens (including phenoxy) is 1. The molecule has 0 bridgehead atoms. The summed E-state index contributed by atoms with van der Waals surface area (Å²) in [5.41, 5.74) is 6.55. The maximum Gasteiger partial charge on any atom is 0.256 e. The van der Waals surface area contributed by atoms with E-state index in [1.54, 1.807) is 32.0 Å². The fourth-order valence-corrected chi connectivity index (χ4v) is 2.70. The molecule has 30 heavy (non-hydrogen) atoms. The molecular formula is C22H25FN4O3. The van der Waals surface area contributed by atoms with Crippen molar-refractivity contribution in [1.82, 2.24) is 9.55 Å². The number of halogens is 1. The van der Waals surface area contributed by atoms with E-state index in [1.165, 1.54) is 29.9 Å². The zero-order valence-corrected chi connectivity index (χ0v) is 17.6. The van der Waals surface area contributed by atoms with Gasteiger partial charge in [0.25, 0.3) is 11.5 Å². The van der Waals surface area contributed by atoms with Gasteiger partial charge in [-0.2, -0.15) is 0 Å². The van der Waals surface area contributed by atoms with Crippen LogP contribution in [0.4, 0.5) is 15.9 Å². The maximum absolute atomic E-state index is 14.3. The number of hydrogen-bond acceptors (Lipinski definition) is 5. The van der Waals surface area contributed by atoms with Gasteiger partial charge in [0.2, 0.25) is 0 Å². The van der Waals surface area contributed by atoms with Crippen LogP contribution in [-0.4, -0.2) is 15.5 Å². The quantitative estimate of drug-likeness (QED) is 0.654. The minimum absolute atomic E-state index is 0.0310. The number of nitrogens with two attached hydrogens (primary N) is 1. The SMILES string of the molecule is CC.Cc1ccc(Nc2c(C(N)=O)c(Oc3ccnc(C)c3)cc(=O)n2C)c(F)c1. The average molecular weight is 412 g/mol. The van der Waals surface area contributed by atoms with Crippen LogP contribution >= 0.6 is 0 Å². The highest BCUT2D eigenvalue weighted by atomic mass is 19.1. The summed E-state index contributed by atoms with van der Waals surface area (Å²) in [6, 6.07) is 8.95. The minimum atomic E-state index is -0.827. The van der Waals surface area contributed by atoms with Gasteiger partial charge in [0.1, 0.15) is 28.7 Å². The molecule has 0 unspecified atom stereocenters. The molecular weight excluding hydrogens is 387 g/mol. The third-order valence-electron chi connectivity index (χ3n) is 4.12. The number of hydrogen-bond donors (Lipinski definition) is 2. The van der Waals surface area contributed by atoms with Crippen molar-refractivity contribution in [3.63, 3.8) is 0 Å². The summed E-state index contributed by atoms with van der Waals surface area (Å²) >= 11 is 0.